The Morgan fingerprint density at radius 2 is 2.06 bits per heavy atom. The van der Waals surface area contributed by atoms with E-state index in [1.54, 1.807) is 18.0 Å². The van der Waals surface area contributed by atoms with Gasteiger partial charge in [-0.25, -0.2) is 0 Å². The first-order chi connectivity index (χ1) is 7.90. The number of nitriles is 1. The number of halogens is 3. The van der Waals surface area contributed by atoms with Crippen molar-refractivity contribution in [3.05, 3.63) is 29.3 Å². The Hall–Kier alpha value is -1.74. The average molecular weight is 243 g/mol. The molecule has 0 heterocycles. The van der Waals surface area contributed by atoms with Gasteiger partial charge in [0, 0.05) is 20.1 Å². The molecule has 0 aromatic heterocycles. The second-order valence-corrected chi connectivity index (χ2v) is 3.55. The van der Waals surface area contributed by atoms with Crippen LogP contribution in [0.2, 0.25) is 0 Å². The first-order valence-electron chi connectivity index (χ1n) is 4.92. The topological polar surface area (TPSA) is 53.0 Å². The first kappa shape index (κ1) is 13.3. The van der Waals surface area contributed by atoms with Crippen LogP contribution in [0.1, 0.15) is 11.1 Å². The molecule has 0 bridgehead atoms. The van der Waals surface area contributed by atoms with E-state index in [0.29, 0.717) is 18.8 Å². The van der Waals surface area contributed by atoms with Crippen LogP contribution in [-0.2, 0) is 6.18 Å². The van der Waals surface area contributed by atoms with Gasteiger partial charge in [0.05, 0.1) is 16.8 Å². The minimum atomic E-state index is -4.43. The van der Waals surface area contributed by atoms with Crippen molar-refractivity contribution >= 4 is 5.69 Å². The van der Waals surface area contributed by atoms with E-state index in [2.05, 4.69) is 0 Å². The molecule has 0 aliphatic heterocycles. The highest BCUT2D eigenvalue weighted by Gasteiger charge is 2.31. The van der Waals surface area contributed by atoms with E-state index in [-0.39, 0.29) is 5.56 Å². The fourth-order valence-electron chi connectivity index (χ4n) is 1.45. The molecule has 0 unspecified atom stereocenters. The van der Waals surface area contributed by atoms with Gasteiger partial charge in [-0.1, -0.05) is 0 Å². The Balaban J connectivity index is 3.16. The van der Waals surface area contributed by atoms with Gasteiger partial charge in [-0.2, -0.15) is 18.4 Å². The van der Waals surface area contributed by atoms with E-state index in [0.717, 1.165) is 12.1 Å². The van der Waals surface area contributed by atoms with Crippen LogP contribution < -0.4 is 10.6 Å². The summed E-state index contributed by atoms with van der Waals surface area (Å²) in [6, 6.07) is 4.86. The molecule has 3 nitrogen and oxygen atoms in total. The summed E-state index contributed by atoms with van der Waals surface area (Å²) in [6.45, 7) is 0.836. The smallest absolute Gasteiger partial charge is 0.372 e. The van der Waals surface area contributed by atoms with Crippen molar-refractivity contribution in [3.8, 4) is 6.07 Å². The van der Waals surface area contributed by atoms with Gasteiger partial charge in [0.15, 0.2) is 0 Å². The Bertz CT molecular complexity index is 435. The lowest BCUT2D eigenvalue weighted by Gasteiger charge is -2.20. The van der Waals surface area contributed by atoms with Crippen LogP contribution in [0.25, 0.3) is 0 Å². The third-order valence-corrected chi connectivity index (χ3v) is 2.32. The summed E-state index contributed by atoms with van der Waals surface area (Å²) in [7, 11) is 1.68. The normalized spacial score (nSPS) is 11.1. The number of nitrogens with zero attached hydrogens (tertiary/aromatic N) is 2. The van der Waals surface area contributed by atoms with Crippen LogP contribution in [0.4, 0.5) is 18.9 Å². The number of rotatable bonds is 3. The van der Waals surface area contributed by atoms with Gasteiger partial charge in [-0.3, -0.25) is 0 Å². The number of alkyl halides is 3. The predicted octanol–water partition coefficient (Wildman–Crippen LogP) is 1.97. The molecule has 17 heavy (non-hydrogen) atoms. The van der Waals surface area contributed by atoms with Crippen LogP contribution in [0.3, 0.4) is 0 Å². The molecule has 1 aromatic carbocycles. The van der Waals surface area contributed by atoms with Gasteiger partial charge in [0.1, 0.15) is 6.07 Å². The zero-order valence-electron chi connectivity index (χ0n) is 9.25. The second-order valence-electron chi connectivity index (χ2n) is 3.55. The summed E-state index contributed by atoms with van der Waals surface area (Å²) < 4.78 is 37.3. The molecule has 0 spiro atoms. The second kappa shape index (κ2) is 5.06. The summed E-state index contributed by atoms with van der Waals surface area (Å²) in [5.74, 6) is 0. The van der Waals surface area contributed by atoms with Crippen molar-refractivity contribution < 1.29 is 13.2 Å². The van der Waals surface area contributed by atoms with E-state index >= 15 is 0 Å². The lowest BCUT2D eigenvalue weighted by molar-refractivity contribution is -0.137. The van der Waals surface area contributed by atoms with Crippen LogP contribution in [0.5, 0.6) is 0 Å². The molecule has 0 atom stereocenters. The van der Waals surface area contributed by atoms with Gasteiger partial charge in [0.2, 0.25) is 0 Å². The van der Waals surface area contributed by atoms with Crippen molar-refractivity contribution in [3.63, 3.8) is 0 Å². The average Bonchev–Trinajstić information content (AvgIpc) is 2.27. The molecule has 1 rings (SSSR count). The zero-order chi connectivity index (χ0) is 13.1. The lowest BCUT2D eigenvalue weighted by Crippen LogP contribution is -2.25. The van der Waals surface area contributed by atoms with E-state index in [1.165, 1.54) is 6.07 Å². The molecule has 0 aliphatic rings. The Morgan fingerprint density at radius 1 is 1.41 bits per heavy atom. The Kier molecular flexibility index (Phi) is 3.97. The molecule has 2 N–H and O–H groups in total. The monoisotopic (exact) mass is 243 g/mol. The fourth-order valence-corrected chi connectivity index (χ4v) is 1.45. The minimum Gasteiger partial charge on any atom is -0.372 e. The number of hydrogen-bond acceptors (Lipinski definition) is 3. The molecule has 6 heteroatoms. The van der Waals surface area contributed by atoms with Gasteiger partial charge >= 0.3 is 6.18 Å². The van der Waals surface area contributed by atoms with Gasteiger partial charge in [0.25, 0.3) is 0 Å². The highest BCUT2D eigenvalue weighted by Crippen LogP contribution is 2.32. The lowest BCUT2D eigenvalue weighted by atomic mass is 10.1. The molecule has 1 aromatic rings. The van der Waals surface area contributed by atoms with Crippen molar-refractivity contribution in [1.29, 1.82) is 5.26 Å². The zero-order valence-corrected chi connectivity index (χ0v) is 9.25. The van der Waals surface area contributed by atoms with Crippen LogP contribution >= 0.6 is 0 Å². The van der Waals surface area contributed by atoms with E-state index in [9.17, 15) is 13.2 Å². The van der Waals surface area contributed by atoms with E-state index < -0.39 is 11.7 Å². The summed E-state index contributed by atoms with van der Waals surface area (Å²) >= 11 is 0. The third-order valence-electron chi connectivity index (χ3n) is 2.32. The number of anilines is 1. The quantitative estimate of drug-likeness (QED) is 0.883. The van der Waals surface area contributed by atoms with Crippen LogP contribution in [0, 0.1) is 11.3 Å². The minimum absolute atomic E-state index is 0.00391. The van der Waals surface area contributed by atoms with Crippen molar-refractivity contribution in [1.82, 2.24) is 0 Å². The molecule has 0 fully saturated rings. The fraction of sp³-hybridized carbons (Fsp3) is 0.364. The highest BCUT2D eigenvalue weighted by atomic mass is 19.4. The van der Waals surface area contributed by atoms with E-state index in [1.807, 2.05) is 0 Å². The first-order valence-corrected chi connectivity index (χ1v) is 4.92. The Labute approximate surface area is 97.2 Å². The molecular weight excluding hydrogens is 231 g/mol. The molecule has 0 amide bonds. The summed E-state index contributed by atoms with van der Waals surface area (Å²) in [6.07, 6.45) is -4.43. The maximum Gasteiger partial charge on any atom is 0.416 e. The highest BCUT2D eigenvalue weighted by molar-refractivity contribution is 5.60. The van der Waals surface area contributed by atoms with Crippen LogP contribution in [0.15, 0.2) is 18.2 Å². The predicted molar refractivity (Wildman–Crippen MR) is 58.5 cm³/mol. The summed E-state index contributed by atoms with van der Waals surface area (Å²) in [5, 5.41) is 8.85. The van der Waals surface area contributed by atoms with Gasteiger partial charge < -0.3 is 10.6 Å². The largest absolute Gasteiger partial charge is 0.416 e. The van der Waals surface area contributed by atoms with E-state index in [4.69, 9.17) is 11.0 Å². The SMILES string of the molecule is CN(CCN)c1ccc(C(F)(F)F)cc1C#N. The summed E-state index contributed by atoms with van der Waals surface area (Å²) in [4.78, 5) is 1.65. The van der Waals surface area contributed by atoms with Gasteiger partial charge in [-0.05, 0) is 18.2 Å². The standard InChI is InChI=1S/C11H12F3N3/c1-17(5-4-15)10-3-2-9(11(12,13)14)6-8(10)7-16/h2-3,6H,4-5,15H2,1H3. The van der Waals surface area contributed by atoms with Crippen molar-refractivity contribution in [2.24, 2.45) is 5.73 Å². The Morgan fingerprint density at radius 3 is 2.53 bits per heavy atom. The molecule has 0 aliphatic carbocycles. The molecule has 0 saturated heterocycles. The molecular formula is C11H12F3N3. The van der Waals surface area contributed by atoms with Crippen molar-refractivity contribution in [2.45, 2.75) is 6.18 Å². The van der Waals surface area contributed by atoms with Gasteiger partial charge in [-0.15, -0.1) is 0 Å². The maximum absolute atomic E-state index is 12.4. The molecule has 92 valence electrons. The number of likely N-dealkylation sites (N-methyl/N-ethyl adjacent to an activating group) is 1. The third kappa shape index (κ3) is 3.11. The van der Waals surface area contributed by atoms with Crippen LogP contribution in [-0.4, -0.2) is 20.1 Å². The number of hydrogen-bond donors (Lipinski definition) is 1. The molecule has 0 saturated carbocycles. The maximum atomic E-state index is 12.4. The number of benzene rings is 1. The summed E-state index contributed by atoms with van der Waals surface area (Å²) in [5.41, 5.74) is 4.98. The number of nitrogens with two attached hydrogens (primary N) is 1. The molecule has 0 radical (unpaired) electrons. The van der Waals surface area contributed by atoms with Crippen molar-refractivity contribution in [2.75, 3.05) is 25.0 Å².